The maximum absolute atomic E-state index is 11.8. The Morgan fingerprint density at radius 1 is 1.38 bits per heavy atom. The van der Waals surface area contributed by atoms with E-state index in [0.717, 1.165) is 51.3 Å². The number of hydrogen-bond acceptors (Lipinski definition) is 6. The number of ether oxygens (including phenoxy) is 1. The number of halogens is 1. The van der Waals surface area contributed by atoms with Crippen molar-refractivity contribution >= 4 is 35.9 Å². The van der Waals surface area contributed by atoms with Gasteiger partial charge in [0, 0.05) is 32.6 Å². The van der Waals surface area contributed by atoms with Crippen molar-refractivity contribution in [2.24, 2.45) is 10.9 Å². The highest BCUT2D eigenvalue weighted by Gasteiger charge is 2.27. The van der Waals surface area contributed by atoms with Gasteiger partial charge in [0.2, 0.25) is 5.89 Å². The second-order valence-corrected chi connectivity index (χ2v) is 6.09. The van der Waals surface area contributed by atoms with Crippen LogP contribution in [0.2, 0.25) is 0 Å². The van der Waals surface area contributed by atoms with Crippen LogP contribution in [0.4, 0.5) is 0 Å². The topological polar surface area (TPSA) is 92.9 Å². The van der Waals surface area contributed by atoms with Crippen molar-refractivity contribution in [2.45, 2.75) is 46.5 Å². The molecule has 148 valence electrons. The maximum Gasteiger partial charge on any atom is 0.309 e. The minimum absolute atomic E-state index is 0. The van der Waals surface area contributed by atoms with Gasteiger partial charge in [-0.25, -0.2) is 0 Å². The Hall–Kier alpha value is -1.39. The first-order valence-corrected chi connectivity index (χ1v) is 9.13. The summed E-state index contributed by atoms with van der Waals surface area (Å²) in [6.07, 6.45) is 3.21. The number of piperidine rings is 1. The Balaban J connectivity index is 0.00000338. The van der Waals surface area contributed by atoms with Gasteiger partial charge < -0.3 is 19.5 Å². The fourth-order valence-corrected chi connectivity index (χ4v) is 2.87. The van der Waals surface area contributed by atoms with Crippen molar-refractivity contribution in [3.8, 4) is 0 Å². The smallest absolute Gasteiger partial charge is 0.309 e. The molecule has 0 bridgehead atoms. The van der Waals surface area contributed by atoms with E-state index in [2.05, 4.69) is 27.3 Å². The van der Waals surface area contributed by atoms with E-state index in [1.807, 2.05) is 13.8 Å². The van der Waals surface area contributed by atoms with Crippen LogP contribution in [0.25, 0.3) is 0 Å². The van der Waals surface area contributed by atoms with E-state index < -0.39 is 0 Å². The van der Waals surface area contributed by atoms with E-state index in [1.54, 1.807) is 0 Å². The quantitative estimate of drug-likeness (QED) is 0.211. The third-order valence-corrected chi connectivity index (χ3v) is 4.13. The van der Waals surface area contributed by atoms with Gasteiger partial charge in [-0.2, -0.15) is 4.98 Å². The maximum atomic E-state index is 11.8. The molecule has 0 spiro atoms. The van der Waals surface area contributed by atoms with Gasteiger partial charge in [-0.15, -0.1) is 24.0 Å². The number of carbonyl (C=O) groups is 1. The van der Waals surface area contributed by atoms with Crippen LogP contribution in [-0.2, 0) is 16.0 Å². The van der Waals surface area contributed by atoms with E-state index >= 15 is 0 Å². The first-order valence-electron chi connectivity index (χ1n) is 9.13. The van der Waals surface area contributed by atoms with Crippen LogP contribution in [-0.4, -0.2) is 59.8 Å². The van der Waals surface area contributed by atoms with Crippen LogP contribution in [0.15, 0.2) is 9.52 Å². The van der Waals surface area contributed by atoms with Crippen LogP contribution in [0.3, 0.4) is 0 Å². The van der Waals surface area contributed by atoms with Crippen LogP contribution in [0.1, 0.15) is 44.8 Å². The van der Waals surface area contributed by atoms with Gasteiger partial charge in [0.15, 0.2) is 11.8 Å². The van der Waals surface area contributed by atoms with Gasteiger partial charge in [0.25, 0.3) is 0 Å². The highest BCUT2D eigenvalue weighted by molar-refractivity contribution is 14.0. The van der Waals surface area contributed by atoms with Crippen LogP contribution in [0, 0.1) is 12.8 Å². The Morgan fingerprint density at radius 2 is 2.12 bits per heavy atom. The van der Waals surface area contributed by atoms with Crippen molar-refractivity contribution in [1.82, 2.24) is 20.4 Å². The number of esters is 1. The van der Waals surface area contributed by atoms with Crippen LogP contribution >= 0.6 is 24.0 Å². The Bertz CT molecular complexity index is 570. The monoisotopic (exact) mass is 479 g/mol. The molecule has 0 unspecified atom stereocenters. The number of rotatable bonds is 7. The summed E-state index contributed by atoms with van der Waals surface area (Å²) in [6.45, 7) is 9.31. The van der Waals surface area contributed by atoms with E-state index in [0.29, 0.717) is 24.9 Å². The largest absolute Gasteiger partial charge is 0.466 e. The Kier molecular flexibility index (Phi) is 10.5. The number of hydrogen-bond donors (Lipinski definition) is 1. The van der Waals surface area contributed by atoms with Crippen LogP contribution < -0.4 is 5.32 Å². The molecule has 8 nitrogen and oxygen atoms in total. The lowest BCUT2D eigenvalue weighted by Crippen LogP contribution is -2.46. The minimum Gasteiger partial charge on any atom is -0.466 e. The van der Waals surface area contributed by atoms with E-state index in [-0.39, 0.29) is 35.9 Å². The zero-order chi connectivity index (χ0) is 18.1. The number of carbonyl (C=O) groups excluding carboxylic acids is 1. The molecule has 2 rings (SSSR count). The molecule has 26 heavy (non-hydrogen) atoms. The minimum atomic E-state index is -0.0704. The van der Waals surface area contributed by atoms with E-state index in [9.17, 15) is 4.79 Å². The predicted octanol–water partition coefficient (Wildman–Crippen LogP) is 2.17. The Labute approximate surface area is 172 Å². The Morgan fingerprint density at radius 3 is 2.69 bits per heavy atom. The standard InChI is InChI=1S/C17H29N5O3.HI/c1-4-18-17(19-10-6-7-15-20-13(3)21-25-15)22-11-8-14(9-12-22)16(23)24-5-2;/h14H,4-12H2,1-3H3,(H,18,19);1H. The molecular formula is C17H30IN5O3. The van der Waals surface area contributed by atoms with Crippen molar-refractivity contribution in [1.29, 1.82) is 0 Å². The summed E-state index contributed by atoms with van der Waals surface area (Å²) in [6, 6.07) is 0. The molecule has 0 aliphatic carbocycles. The van der Waals surface area contributed by atoms with Crippen molar-refractivity contribution in [3.63, 3.8) is 0 Å². The molecule has 1 aliphatic rings. The van der Waals surface area contributed by atoms with Gasteiger partial charge in [-0.05, 0) is 40.0 Å². The highest BCUT2D eigenvalue weighted by Crippen LogP contribution is 2.18. The molecule has 1 aliphatic heterocycles. The van der Waals surface area contributed by atoms with Crippen molar-refractivity contribution in [3.05, 3.63) is 11.7 Å². The summed E-state index contributed by atoms with van der Waals surface area (Å²) in [5.41, 5.74) is 0. The second kappa shape index (κ2) is 12.1. The predicted molar refractivity (Wildman–Crippen MR) is 110 cm³/mol. The molecule has 0 amide bonds. The molecule has 0 atom stereocenters. The van der Waals surface area contributed by atoms with Crippen molar-refractivity contribution in [2.75, 3.05) is 32.8 Å². The van der Waals surface area contributed by atoms with Gasteiger partial charge in [0.05, 0.1) is 12.5 Å². The number of nitrogens with zero attached hydrogens (tertiary/aromatic N) is 4. The highest BCUT2D eigenvalue weighted by atomic mass is 127. The summed E-state index contributed by atoms with van der Waals surface area (Å²) >= 11 is 0. The lowest BCUT2D eigenvalue weighted by Gasteiger charge is -2.33. The number of likely N-dealkylation sites (tertiary alicyclic amines) is 1. The van der Waals surface area contributed by atoms with Crippen LogP contribution in [0.5, 0.6) is 0 Å². The molecule has 1 aromatic heterocycles. The number of aryl methyl sites for hydroxylation is 2. The number of aromatic nitrogens is 2. The average molecular weight is 479 g/mol. The SMILES string of the molecule is CCNC(=NCCCc1nc(C)no1)N1CCC(C(=O)OCC)CC1.I. The fourth-order valence-electron chi connectivity index (χ4n) is 2.87. The molecule has 0 aromatic carbocycles. The first kappa shape index (κ1) is 22.7. The molecule has 1 saturated heterocycles. The summed E-state index contributed by atoms with van der Waals surface area (Å²) in [7, 11) is 0. The summed E-state index contributed by atoms with van der Waals surface area (Å²) < 4.78 is 10.2. The molecular weight excluding hydrogens is 449 g/mol. The zero-order valence-corrected chi connectivity index (χ0v) is 18.2. The lowest BCUT2D eigenvalue weighted by molar-refractivity contribution is -0.149. The van der Waals surface area contributed by atoms with Gasteiger partial charge >= 0.3 is 5.97 Å². The molecule has 1 N–H and O–H groups in total. The second-order valence-electron chi connectivity index (χ2n) is 6.09. The lowest BCUT2D eigenvalue weighted by atomic mass is 9.97. The first-order chi connectivity index (χ1) is 12.1. The van der Waals surface area contributed by atoms with Gasteiger partial charge in [-0.3, -0.25) is 9.79 Å². The van der Waals surface area contributed by atoms with Gasteiger partial charge in [0.1, 0.15) is 0 Å². The molecule has 0 saturated carbocycles. The van der Waals surface area contributed by atoms with E-state index in [4.69, 9.17) is 14.3 Å². The molecule has 2 heterocycles. The summed E-state index contributed by atoms with van der Waals surface area (Å²) in [5, 5.41) is 7.12. The average Bonchev–Trinajstić information content (AvgIpc) is 3.03. The number of guanidine groups is 1. The normalized spacial score (nSPS) is 15.5. The number of nitrogens with one attached hydrogen (secondary N) is 1. The third-order valence-electron chi connectivity index (χ3n) is 4.13. The molecule has 0 radical (unpaired) electrons. The zero-order valence-electron chi connectivity index (χ0n) is 15.9. The molecule has 1 fully saturated rings. The van der Waals surface area contributed by atoms with Crippen molar-refractivity contribution < 1.29 is 14.1 Å². The third kappa shape index (κ3) is 7.08. The van der Waals surface area contributed by atoms with E-state index in [1.165, 1.54) is 0 Å². The molecule has 9 heteroatoms. The summed E-state index contributed by atoms with van der Waals surface area (Å²) in [4.78, 5) is 22.9. The van der Waals surface area contributed by atoms with Gasteiger partial charge in [-0.1, -0.05) is 5.16 Å². The summed E-state index contributed by atoms with van der Waals surface area (Å²) in [5.74, 6) is 2.18. The molecule has 1 aromatic rings. The fraction of sp³-hybridized carbons (Fsp3) is 0.765. The number of aliphatic imine (C=N–C) groups is 1.